The van der Waals surface area contributed by atoms with Crippen molar-refractivity contribution in [3.63, 3.8) is 0 Å². The summed E-state index contributed by atoms with van der Waals surface area (Å²) in [5.41, 5.74) is 22.8. The van der Waals surface area contributed by atoms with Gasteiger partial charge in [0.05, 0.1) is 0 Å². The van der Waals surface area contributed by atoms with E-state index in [0.29, 0.717) is 0 Å². The van der Waals surface area contributed by atoms with Gasteiger partial charge in [0.1, 0.15) is 0 Å². The lowest BCUT2D eigenvalue weighted by Crippen LogP contribution is -2.61. The van der Waals surface area contributed by atoms with E-state index in [-0.39, 0.29) is 6.71 Å². The topological polar surface area (TPSA) is 6.48 Å². The van der Waals surface area contributed by atoms with E-state index in [2.05, 4.69) is 259 Å². The monoisotopic (exact) mass is 800 g/mol. The number of anilines is 6. The molecule has 0 fully saturated rings. The summed E-state index contributed by atoms with van der Waals surface area (Å²) in [6.07, 6.45) is 0. The molecule has 0 saturated carbocycles. The van der Waals surface area contributed by atoms with Crippen LogP contribution < -0.4 is 26.2 Å². The second-order valence-electron chi connectivity index (χ2n) is 16.4. The molecule has 0 N–H and O–H groups in total. The van der Waals surface area contributed by atoms with Gasteiger partial charge in [0, 0.05) is 45.3 Å². The highest BCUT2D eigenvalue weighted by atomic mass is 15.2. The molecule has 2 heterocycles. The maximum atomic E-state index is 2.56. The summed E-state index contributed by atoms with van der Waals surface area (Å²) in [6, 6.07) is 91.2. The fourth-order valence-corrected chi connectivity index (χ4v) is 10.0. The molecule has 0 unspecified atom stereocenters. The zero-order valence-corrected chi connectivity index (χ0v) is 34.6. The van der Waals surface area contributed by atoms with Crippen molar-refractivity contribution in [2.24, 2.45) is 0 Å². The first-order valence-electron chi connectivity index (χ1n) is 21.8. The molecule has 10 aromatic carbocycles. The van der Waals surface area contributed by atoms with Gasteiger partial charge in [-0.1, -0.05) is 212 Å². The zero-order chi connectivity index (χ0) is 41.7. The molecule has 0 aromatic heterocycles. The maximum absolute atomic E-state index is 2.56. The Morgan fingerprint density at radius 1 is 0.254 bits per heavy atom. The summed E-state index contributed by atoms with van der Waals surface area (Å²) in [5, 5.41) is 0. The molecular weight excluding hydrogens is 759 g/mol. The van der Waals surface area contributed by atoms with E-state index in [9.17, 15) is 0 Å². The Kier molecular flexibility index (Phi) is 8.97. The summed E-state index contributed by atoms with van der Waals surface area (Å²) >= 11 is 0. The van der Waals surface area contributed by atoms with Crippen molar-refractivity contribution >= 4 is 57.2 Å². The normalized spacial score (nSPS) is 12.3. The molecule has 3 heteroatoms. The quantitative estimate of drug-likeness (QED) is 0.148. The molecule has 0 bridgehead atoms. The van der Waals surface area contributed by atoms with Gasteiger partial charge in [0.2, 0.25) is 0 Å². The maximum Gasteiger partial charge on any atom is 0.252 e. The molecule has 63 heavy (non-hydrogen) atoms. The fourth-order valence-electron chi connectivity index (χ4n) is 10.0. The lowest BCUT2D eigenvalue weighted by molar-refractivity contribution is 1.25. The van der Waals surface area contributed by atoms with Gasteiger partial charge in [0.15, 0.2) is 0 Å². The molecule has 0 radical (unpaired) electrons. The molecule has 12 rings (SSSR count). The van der Waals surface area contributed by atoms with Crippen molar-refractivity contribution < 1.29 is 0 Å². The Hall–Kier alpha value is -8.14. The Morgan fingerprint density at radius 3 is 1.13 bits per heavy atom. The third-order valence-corrected chi connectivity index (χ3v) is 12.8. The highest BCUT2D eigenvalue weighted by molar-refractivity contribution is 7.00. The van der Waals surface area contributed by atoms with Gasteiger partial charge < -0.3 is 9.80 Å². The first kappa shape index (κ1) is 36.7. The first-order chi connectivity index (χ1) is 31.3. The van der Waals surface area contributed by atoms with Crippen molar-refractivity contribution in [3.05, 3.63) is 249 Å². The van der Waals surface area contributed by atoms with Crippen LogP contribution in [0.25, 0.3) is 55.6 Å². The molecule has 0 spiro atoms. The second kappa shape index (κ2) is 15.4. The molecule has 2 nitrogen and oxygen atoms in total. The van der Waals surface area contributed by atoms with Crippen LogP contribution in [0.4, 0.5) is 34.1 Å². The molecule has 10 aromatic rings. The number of benzene rings is 10. The largest absolute Gasteiger partial charge is 0.311 e. The van der Waals surface area contributed by atoms with E-state index in [4.69, 9.17) is 0 Å². The smallest absolute Gasteiger partial charge is 0.252 e. The molecule has 2 aliphatic rings. The minimum absolute atomic E-state index is 0.0504. The summed E-state index contributed by atoms with van der Waals surface area (Å²) in [7, 11) is 0. The van der Waals surface area contributed by atoms with Gasteiger partial charge in [-0.3, -0.25) is 0 Å². The van der Waals surface area contributed by atoms with E-state index in [1.165, 1.54) is 94.8 Å². The van der Waals surface area contributed by atoms with E-state index in [1.54, 1.807) is 0 Å². The number of nitrogens with zero attached hydrogens (tertiary/aromatic N) is 2. The van der Waals surface area contributed by atoms with Crippen LogP contribution in [-0.2, 0) is 0 Å². The van der Waals surface area contributed by atoms with Crippen LogP contribution in [0.3, 0.4) is 0 Å². The fraction of sp³-hybridized carbons (Fsp3) is 0. The molecule has 0 atom stereocenters. The van der Waals surface area contributed by atoms with Crippen LogP contribution in [0.5, 0.6) is 0 Å². The van der Waals surface area contributed by atoms with Crippen molar-refractivity contribution in [2.75, 3.05) is 9.80 Å². The Morgan fingerprint density at radius 2 is 0.635 bits per heavy atom. The SMILES string of the molecule is c1ccc(-c2ccc(N3c4cc(-c5ccccc5)cc5c4B(c4cccc(-c6ccccc6)c43)c3cccc(-c4ccccc4)c3N5c3cccc(-c4ccccc4)c3)cc2)cc1. The third-order valence-electron chi connectivity index (χ3n) is 12.8. The van der Waals surface area contributed by atoms with Gasteiger partial charge in [0.25, 0.3) is 6.71 Å². The molecule has 2 aliphatic heterocycles. The highest BCUT2D eigenvalue weighted by Gasteiger charge is 2.45. The number of rotatable bonds is 7. The van der Waals surface area contributed by atoms with E-state index < -0.39 is 0 Å². The predicted octanol–water partition coefficient (Wildman–Crippen LogP) is 14.1. The Bertz CT molecular complexity index is 3260. The standard InChI is InChI=1S/C60H41BN2/c1-6-19-42(20-7-1)45-35-37-50(38-36-45)62-56-40-49(44-23-10-3-11-24-44)41-57-58(56)61(54-33-17-31-52(59(54)62)46-25-12-4-13-26-46)55-34-18-32-53(47-27-14-5-15-28-47)60(55)63(57)51-30-16-29-48(39-51)43-21-8-2-9-22-43/h1-41H. The van der Waals surface area contributed by atoms with Crippen molar-refractivity contribution in [3.8, 4) is 55.6 Å². The summed E-state index contributed by atoms with van der Waals surface area (Å²) in [5.74, 6) is 0. The van der Waals surface area contributed by atoms with Crippen molar-refractivity contribution in [1.82, 2.24) is 0 Å². The Labute approximate surface area is 369 Å². The van der Waals surface area contributed by atoms with Gasteiger partial charge >= 0.3 is 0 Å². The molecule has 0 amide bonds. The summed E-state index contributed by atoms with van der Waals surface area (Å²) < 4.78 is 0. The van der Waals surface area contributed by atoms with E-state index in [1.807, 2.05) is 0 Å². The average molecular weight is 801 g/mol. The van der Waals surface area contributed by atoms with Crippen LogP contribution in [0.1, 0.15) is 0 Å². The van der Waals surface area contributed by atoms with Gasteiger partial charge in [-0.25, -0.2) is 0 Å². The number of fused-ring (bicyclic) bond motifs is 4. The zero-order valence-electron chi connectivity index (χ0n) is 34.6. The van der Waals surface area contributed by atoms with Crippen LogP contribution in [0.2, 0.25) is 0 Å². The third kappa shape index (κ3) is 6.28. The number of para-hydroxylation sites is 2. The van der Waals surface area contributed by atoms with Crippen molar-refractivity contribution in [1.29, 1.82) is 0 Å². The second-order valence-corrected chi connectivity index (χ2v) is 16.4. The summed E-state index contributed by atoms with van der Waals surface area (Å²) in [6.45, 7) is -0.0504. The lowest BCUT2D eigenvalue weighted by atomic mass is 9.33. The highest BCUT2D eigenvalue weighted by Crippen LogP contribution is 2.50. The lowest BCUT2D eigenvalue weighted by Gasteiger charge is -2.45. The van der Waals surface area contributed by atoms with Crippen molar-refractivity contribution in [2.45, 2.75) is 0 Å². The van der Waals surface area contributed by atoms with Gasteiger partial charge in [-0.15, -0.1) is 0 Å². The van der Waals surface area contributed by atoms with Crippen LogP contribution in [0.15, 0.2) is 249 Å². The van der Waals surface area contributed by atoms with Gasteiger partial charge in [-0.2, -0.15) is 0 Å². The molecule has 294 valence electrons. The Balaban J connectivity index is 1.20. The predicted molar refractivity (Wildman–Crippen MR) is 268 cm³/mol. The molecular formula is C60H41BN2. The molecule has 0 saturated heterocycles. The average Bonchev–Trinajstić information content (AvgIpc) is 3.37. The van der Waals surface area contributed by atoms with Crippen LogP contribution in [-0.4, -0.2) is 6.71 Å². The van der Waals surface area contributed by atoms with Crippen LogP contribution in [0, 0.1) is 0 Å². The van der Waals surface area contributed by atoms with E-state index >= 15 is 0 Å². The minimum Gasteiger partial charge on any atom is -0.311 e. The minimum atomic E-state index is -0.0504. The summed E-state index contributed by atoms with van der Waals surface area (Å²) in [4.78, 5) is 5.12. The number of hydrogen-bond acceptors (Lipinski definition) is 2. The van der Waals surface area contributed by atoms with Crippen LogP contribution >= 0.6 is 0 Å². The number of hydrogen-bond donors (Lipinski definition) is 0. The van der Waals surface area contributed by atoms with E-state index in [0.717, 1.165) is 11.4 Å². The van der Waals surface area contributed by atoms with Gasteiger partial charge in [-0.05, 0) is 97.3 Å². The molecule has 0 aliphatic carbocycles. The first-order valence-corrected chi connectivity index (χ1v) is 21.8.